The van der Waals surface area contributed by atoms with Crippen molar-refractivity contribution in [3.05, 3.63) is 39.2 Å². The highest BCUT2D eigenvalue weighted by molar-refractivity contribution is 6.35. The van der Waals surface area contributed by atoms with Crippen LogP contribution in [0.3, 0.4) is 0 Å². The molecule has 8 heteroatoms. The van der Waals surface area contributed by atoms with E-state index in [9.17, 15) is 14.5 Å². The number of rotatable bonds is 2. The van der Waals surface area contributed by atoms with E-state index in [0.717, 1.165) is 12.1 Å². The molecule has 0 radical (unpaired) electrons. The Kier molecular flexibility index (Phi) is 2.68. The Balaban J connectivity index is 2.54. The lowest BCUT2D eigenvalue weighted by Crippen LogP contribution is -1.91. The molecule has 0 spiro atoms. The molecule has 0 bridgehead atoms. The first-order valence-corrected chi connectivity index (χ1v) is 4.73. The predicted molar refractivity (Wildman–Crippen MR) is 58.0 cm³/mol. The van der Waals surface area contributed by atoms with Crippen molar-refractivity contribution in [2.75, 3.05) is 5.73 Å². The van der Waals surface area contributed by atoms with E-state index in [1.165, 1.54) is 6.07 Å². The van der Waals surface area contributed by atoms with Gasteiger partial charge >= 0.3 is 0 Å². The molecule has 0 atom stereocenters. The molecule has 0 unspecified atom stereocenters. The fourth-order valence-corrected chi connectivity index (χ4v) is 1.43. The molecule has 0 aliphatic rings. The van der Waals surface area contributed by atoms with Gasteiger partial charge in [-0.2, -0.15) is 0 Å². The molecule has 0 amide bonds. The summed E-state index contributed by atoms with van der Waals surface area (Å²) in [4.78, 5) is 9.72. The lowest BCUT2D eigenvalue weighted by molar-refractivity contribution is -0.385. The second-order valence-corrected chi connectivity index (χ2v) is 3.51. The molecular weight excluding hydrogens is 253 g/mol. The number of nitro benzene ring substituents is 1. The molecule has 1 aromatic carbocycles. The second kappa shape index (κ2) is 4.02. The van der Waals surface area contributed by atoms with E-state index in [0.29, 0.717) is 0 Å². The van der Waals surface area contributed by atoms with Crippen LogP contribution >= 0.6 is 11.6 Å². The number of aromatic nitrogens is 1. The Morgan fingerprint density at radius 1 is 1.53 bits per heavy atom. The number of anilines is 1. The van der Waals surface area contributed by atoms with Crippen LogP contribution in [0.25, 0.3) is 11.3 Å². The monoisotopic (exact) mass is 257 g/mol. The van der Waals surface area contributed by atoms with Gasteiger partial charge in [0.25, 0.3) is 5.69 Å². The molecule has 2 aromatic rings. The van der Waals surface area contributed by atoms with Crippen LogP contribution in [0.1, 0.15) is 0 Å². The third-order valence-corrected chi connectivity index (χ3v) is 2.43. The molecule has 0 fully saturated rings. The average molecular weight is 258 g/mol. The number of halogens is 2. The number of hydrogen-bond donors (Lipinski definition) is 1. The topological polar surface area (TPSA) is 95.2 Å². The largest absolute Gasteiger partial charge is 0.380 e. The van der Waals surface area contributed by atoms with Gasteiger partial charge in [-0.15, -0.1) is 0 Å². The van der Waals surface area contributed by atoms with Gasteiger partial charge in [0.15, 0.2) is 11.6 Å². The summed E-state index contributed by atoms with van der Waals surface area (Å²) in [5, 5.41) is 13.8. The third kappa shape index (κ3) is 1.92. The second-order valence-electron chi connectivity index (χ2n) is 3.13. The van der Waals surface area contributed by atoms with Gasteiger partial charge in [0.05, 0.1) is 16.6 Å². The zero-order valence-corrected chi connectivity index (χ0v) is 8.94. The molecule has 17 heavy (non-hydrogen) atoms. The standard InChI is InChI=1S/C9H5ClFN3O3/c10-7-8(17-13-9(7)12)5-2-1-4(14(15)16)3-6(5)11/h1-3H,(H2,12,13). The molecule has 1 heterocycles. The van der Waals surface area contributed by atoms with Crippen LogP contribution < -0.4 is 5.73 Å². The van der Waals surface area contributed by atoms with Crippen LogP contribution in [0.15, 0.2) is 22.7 Å². The van der Waals surface area contributed by atoms with E-state index in [2.05, 4.69) is 5.16 Å². The van der Waals surface area contributed by atoms with E-state index < -0.39 is 10.7 Å². The smallest absolute Gasteiger partial charge is 0.272 e. The molecule has 88 valence electrons. The van der Waals surface area contributed by atoms with E-state index in [4.69, 9.17) is 21.9 Å². The Morgan fingerprint density at radius 2 is 2.24 bits per heavy atom. The SMILES string of the molecule is Nc1noc(-c2ccc([N+](=O)[O-])cc2F)c1Cl. The number of hydrogen-bond acceptors (Lipinski definition) is 5. The molecule has 0 aliphatic carbocycles. The molecule has 2 N–H and O–H groups in total. The first kappa shape index (κ1) is 11.3. The van der Waals surface area contributed by atoms with Gasteiger partial charge in [-0.3, -0.25) is 10.1 Å². The van der Waals surface area contributed by atoms with Gasteiger partial charge in [0.1, 0.15) is 10.8 Å². The fourth-order valence-electron chi connectivity index (χ4n) is 1.26. The molecule has 1 aromatic heterocycles. The highest BCUT2D eigenvalue weighted by atomic mass is 35.5. The van der Waals surface area contributed by atoms with Crippen molar-refractivity contribution in [1.82, 2.24) is 5.16 Å². The Hall–Kier alpha value is -2.15. The summed E-state index contributed by atoms with van der Waals surface area (Å²) in [6, 6.07) is 3.08. The number of nitrogens with two attached hydrogens (primary N) is 1. The Bertz CT molecular complexity index is 599. The van der Waals surface area contributed by atoms with E-state index in [1.807, 2.05) is 0 Å². The van der Waals surface area contributed by atoms with Crippen LogP contribution in [0.2, 0.25) is 5.02 Å². The maximum Gasteiger partial charge on any atom is 0.272 e. The zero-order chi connectivity index (χ0) is 12.6. The van der Waals surface area contributed by atoms with Crippen molar-refractivity contribution in [2.45, 2.75) is 0 Å². The molecule has 0 aliphatic heterocycles. The van der Waals surface area contributed by atoms with Crippen molar-refractivity contribution in [2.24, 2.45) is 0 Å². The molecule has 0 saturated carbocycles. The minimum absolute atomic E-state index is 0.0299. The van der Waals surface area contributed by atoms with Crippen LogP contribution in [-0.2, 0) is 0 Å². The maximum absolute atomic E-state index is 13.6. The summed E-state index contributed by atoms with van der Waals surface area (Å²) in [5.41, 5.74) is 4.94. The predicted octanol–water partition coefficient (Wildman–Crippen LogP) is 2.62. The van der Waals surface area contributed by atoms with Crippen molar-refractivity contribution in [3.8, 4) is 11.3 Å². The lowest BCUT2D eigenvalue weighted by atomic mass is 10.1. The quantitative estimate of drug-likeness (QED) is 0.659. The molecule has 0 saturated heterocycles. The summed E-state index contributed by atoms with van der Waals surface area (Å²) in [7, 11) is 0. The van der Waals surface area contributed by atoms with E-state index in [-0.39, 0.29) is 27.9 Å². The number of nitro groups is 1. The average Bonchev–Trinajstić information content (AvgIpc) is 2.60. The molecule has 2 rings (SSSR count). The van der Waals surface area contributed by atoms with Crippen molar-refractivity contribution in [3.63, 3.8) is 0 Å². The lowest BCUT2D eigenvalue weighted by Gasteiger charge is -1.98. The fraction of sp³-hybridized carbons (Fsp3) is 0. The van der Waals surface area contributed by atoms with Gasteiger partial charge in [-0.25, -0.2) is 4.39 Å². The summed E-state index contributed by atoms with van der Waals surface area (Å²) in [6.07, 6.45) is 0. The van der Waals surface area contributed by atoms with Crippen LogP contribution in [0.5, 0.6) is 0 Å². The zero-order valence-electron chi connectivity index (χ0n) is 8.18. The Labute approximate surface area is 98.9 Å². The third-order valence-electron chi connectivity index (χ3n) is 2.07. The highest BCUT2D eigenvalue weighted by Crippen LogP contribution is 2.34. The van der Waals surface area contributed by atoms with Crippen LogP contribution in [0, 0.1) is 15.9 Å². The summed E-state index contributed by atoms with van der Waals surface area (Å²) in [6.45, 7) is 0. The van der Waals surface area contributed by atoms with Crippen molar-refractivity contribution < 1.29 is 13.8 Å². The molecular formula is C9H5ClFN3O3. The normalized spacial score (nSPS) is 10.5. The van der Waals surface area contributed by atoms with E-state index >= 15 is 0 Å². The minimum Gasteiger partial charge on any atom is -0.380 e. The van der Waals surface area contributed by atoms with E-state index in [1.54, 1.807) is 0 Å². The van der Waals surface area contributed by atoms with Crippen molar-refractivity contribution in [1.29, 1.82) is 0 Å². The van der Waals surface area contributed by atoms with Gasteiger partial charge in [0, 0.05) is 6.07 Å². The van der Waals surface area contributed by atoms with Crippen molar-refractivity contribution >= 4 is 23.1 Å². The van der Waals surface area contributed by atoms with Crippen LogP contribution in [0.4, 0.5) is 15.9 Å². The number of nitrogen functional groups attached to an aromatic ring is 1. The van der Waals surface area contributed by atoms with Gasteiger partial charge < -0.3 is 10.3 Å². The summed E-state index contributed by atoms with van der Waals surface area (Å²) in [5.74, 6) is -0.965. The van der Waals surface area contributed by atoms with Crippen LogP contribution in [-0.4, -0.2) is 10.1 Å². The highest BCUT2D eigenvalue weighted by Gasteiger charge is 2.19. The Morgan fingerprint density at radius 3 is 2.71 bits per heavy atom. The maximum atomic E-state index is 13.6. The number of benzene rings is 1. The first-order valence-electron chi connectivity index (χ1n) is 4.35. The minimum atomic E-state index is -0.836. The number of non-ortho nitro benzene ring substituents is 1. The molecule has 6 nitrogen and oxygen atoms in total. The van der Waals surface area contributed by atoms with Gasteiger partial charge in [0.2, 0.25) is 0 Å². The first-order chi connectivity index (χ1) is 8.00. The van der Waals surface area contributed by atoms with Gasteiger partial charge in [-0.1, -0.05) is 16.8 Å². The van der Waals surface area contributed by atoms with Gasteiger partial charge in [-0.05, 0) is 6.07 Å². The number of nitrogens with zero attached hydrogens (tertiary/aromatic N) is 2. The summed E-state index contributed by atoms with van der Waals surface area (Å²) < 4.78 is 18.3. The summed E-state index contributed by atoms with van der Waals surface area (Å²) >= 11 is 5.74.